The van der Waals surface area contributed by atoms with Gasteiger partial charge in [0, 0.05) is 30.9 Å². The van der Waals surface area contributed by atoms with Crippen molar-refractivity contribution >= 4 is 0 Å². The monoisotopic (exact) mass is 323 g/mol. The number of methoxy groups -OCH3 is 1. The fraction of sp³-hybridized carbons (Fsp3) is 0.350. The summed E-state index contributed by atoms with van der Waals surface area (Å²) in [7, 11) is 1.71. The first-order valence-corrected chi connectivity index (χ1v) is 8.03. The molecule has 2 unspecified atom stereocenters. The average molecular weight is 323 g/mol. The second-order valence-corrected chi connectivity index (χ2v) is 5.72. The number of pyridine rings is 1. The first-order valence-electron chi connectivity index (χ1n) is 8.03. The fourth-order valence-corrected chi connectivity index (χ4v) is 3.00. The highest BCUT2D eigenvalue weighted by Gasteiger charge is 2.43. The largest absolute Gasteiger partial charge is 0.479 e. The summed E-state index contributed by atoms with van der Waals surface area (Å²) < 4.78 is 17.2. The van der Waals surface area contributed by atoms with Crippen LogP contribution in [-0.2, 0) is 15.1 Å². The van der Waals surface area contributed by atoms with E-state index in [4.69, 9.17) is 14.2 Å². The summed E-state index contributed by atoms with van der Waals surface area (Å²) >= 11 is 0. The zero-order chi connectivity index (χ0) is 16.8. The zero-order valence-corrected chi connectivity index (χ0v) is 14.0. The smallest absolute Gasteiger partial charge is 0.149 e. The molecule has 0 bridgehead atoms. The average Bonchev–Trinajstić information content (AvgIpc) is 3.02. The Kier molecular flexibility index (Phi) is 5.14. The molecule has 24 heavy (non-hydrogen) atoms. The third-order valence-electron chi connectivity index (χ3n) is 4.38. The maximum atomic E-state index is 5.79. The van der Waals surface area contributed by atoms with Crippen molar-refractivity contribution in [1.29, 1.82) is 0 Å². The lowest BCUT2D eigenvalue weighted by Crippen LogP contribution is -2.35. The molecule has 1 aromatic carbocycles. The van der Waals surface area contributed by atoms with E-state index in [2.05, 4.69) is 16.8 Å². The summed E-state index contributed by atoms with van der Waals surface area (Å²) in [5, 5.41) is 0. The third kappa shape index (κ3) is 3.43. The molecule has 1 aliphatic heterocycles. The van der Waals surface area contributed by atoms with Crippen LogP contribution in [0.5, 0.6) is 5.75 Å². The fourth-order valence-electron chi connectivity index (χ4n) is 3.00. The summed E-state index contributed by atoms with van der Waals surface area (Å²) in [6, 6.07) is 11.8. The van der Waals surface area contributed by atoms with Crippen molar-refractivity contribution in [3.63, 3.8) is 0 Å². The Morgan fingerprint density at radius 3 is 2.83 bits per heavy atom. The lowest BCUT2D eigenvalue weighted by Gasteiger charge is -2.31. The van der Waals surface area contributed by atoms with Crippen LogP contribution >= 0.6 is 0 Å². The lowest BCUT2D eigenvalue weighted by atomic mass is 9.88. The molecule has 1 aliphatic rings. The van der Waals surface area contributed by atoms with Gasteiger partial charge in [0.05, 0.1) is 18.9 Å². The van der Waals surface area contributed by atoms with Crippen LogP contribution in [0.3, 0.4) is 0 Å². The van der Waals surface area contributed by atoms with Gasteiger partial charge in [0.15, 0.2) is 0 Å². The highest BCUT2D eigenvalue weighted by molar-refractivity contribution is 5.34. The van der Waals surface area contributed by atoms with Gasteiger partial charge in [-0.25, -0.2) is 0 Å². The Hall–Kier alpha value is -2.35. The summed E-state index contributed by atoms with van der Waals surface area (Å²) in [5.74, 6) is 6.77. The lowest BCUT2D eigenvalue weighted by molar-refractivity contribution is -0.0650. The van der Waals surface area contributed by atoms with Crippen LogP contribution in [0.4, 0.5) is 0 Å². The third-order valence-corrected chi connectivity index (χ3v) is 4.38. The van der Waals surface area contributed by atoms with Crippen LogP contribution in [0.1, 0.15) is 24.5 Å². The maximum Gasteiger partial charge on any atom is 0.149 e. The minimum Gasteiger partial charge on any atom is -0.479 e. The number of ether oxygens (including phenoxy) is 3. The molecule has 2 aromatic rings. The number of hydrogen-bond acceptors (Lipinski definition) is 4. The van der Waals surface area contributed by atoms with Crippen molar-refractivity contribution in [2.24, 2.45) is 0 Å². The van der Waals surface area contributed by atoms with Gasteiger partial charge in [-0.1, -0.05) is 30.0 Å². The molecular formula is C20H21NO3. The van der Waals surface area contributed by atoms with E-state index in [1.165, 1.54) is 0 Å². The van der Waals surface area contributed by atoms with Crippen LogP contribution < -0.4 is 4.74 Å². The van der Waals surface area contributed by atoms with Crippen molar-refractivity contribution in [3.8, 4) is 17.6 Å². The minimum absolute atomic E-state index is 0.0163. The second kappa shape index (κ2) is 7.48. The van der Waals surface area contributed by atoms with E-state index in [0.29, 0.717) is 19.0 Å². The molecule has 4 heteroatoms. The van der Waals surface area contributed by atoms with E-state index in [9.17, 15) is 0 Å². The normalized spacial score (nSPS) is 22.7. The number of nitrogens with zero attached hydrogens (tertiary/aromatic N) is 1. The molecule has 2 atom stereocenters. The molecule has 124 valence electrons. The van der Waals surface area contributed by atoms with E-state index in [-0.39, 0.29) is 6.10 Å². The molecule has 2 heterocycles. The minimum atomic E-state index is -0.456. The summed E-state index contributed by atoms with van der Waals surface area (Å²) in [5.41, 5.74) is 1.49. The van der Waals surface area contributed by atoms with Gasteiger partial charge in [-0.2, -0.15) is 0 Å². The van der Waals surface area contributed by atoms with Crippen molar-refractivity contribution < 1.29 is 14.2 Å². The van der Waals surface area contributed by atoms with E-state index in [0.717, 1.165) is 17.5 Å². The van der Waals surface area contributed by atoms with Crippen LogP contribution in [0, 0.1) is 11.8 Å². The van der Waals surface area contributed by atoms with Crippen LogP contribution in [0.2, 0.25) is 0 Å². The van der Waals surface area contributed by atoms with E-state index < -0.39 is 5.60 Å². The van der Waals surface area contributed by atoms with Gasteiger partial charge in [-0.15, -0.1) is 0 Å². The van der Waals surface area contributed by atoms with Crippen LogP contribution in [0.25, 0.3) is 0 Å². The predicted octanol–water partition coefficient (Wildman–Crippen LogP) is 3.16. The number of hydrogen-bond donors (Lipinski definition) is 0. The molecule has 0 spiro atoms. The van der Waals surface area contributed by atoms with Gasteiger partial charge >= 0.3 is 0 Å². The number of aromatic nitrogens is 1. The van der Waals surface area contributed by atoms with E-state index in [1.54, 1.807) is 13.3 Å². The summed E-state index contributed by atoms with van der Waals surface area (Å²) in [6.45, 7) is 3.02. The Morgan fingerprint density at radius 1 is 1.29 bits per heavy atom. The molecular weight excluding hydrogens is 302 g/mol. The first kappa shape index (κ1) is 16.5. The molecule has 4 nitrogen and oxygen atoms in total. The molecule has 3 rings (SSSR count). The molecule has 1 fully saturated rings. The standard InChI is InChI=1S/C20H21NO3/c1-16-20(22-2,10-12-23-16)18-13-19(15-21-14-18)24-11-6-9-17-7-4-3-5-8-17/h3-5,7-8,13-16H,10-12H2,1-2H3. The predicted molar refractivity (Wildman–Crippen MR) is 91.8 cm³/mol. The van der Waals surface area contributed by atoms with Crippen molar-refractivity contribution in [3.05, 3.63) is 59.9 Å². The van der Waals surface area contributed by atoms with E-state index in [1.807, 2.05) is 49.5 Å². The highest BCUT2D eigenvalue weighted by Crippen LogP contribution is 2.39. The van der Waals surface area contributed by atoms with Crippen molar-refractivity contribution in [2.75, 3.05) is 20.3 Å². The van der Waals surface area contributed by atoms with Crippen molar-refractivity contribution in [1.82, 2.24) is 4.98 Å². The van der Waals surface area contributed by atoms with Crippen molar-refractivity contribution in [2.45, 2.75) is 25.0 Å². The molecule has 0 amide bonds. The molecule has 0 radical (unpaired) electrons. The zero-order valence-electron chi connectivity index (χ0n) is 14.0. The molecule has 0 aliphatic carbocycles. The van der Waals surface area contributed by atoms with Gasteiger partial charge in [0.1, 0.15) is 18.0 Å². The molecule has 1 aromatic heterocycles. The van der Waals surface area contributed by atoms with E-state index >= 15 is 0 Å². The first-order chi connectivity index (χ1) is 11.7. The molecule has 1 saturated heterocycles. The van der Waals surface area contributed by atoms with Gasteiger partial charge in [-0.05, 0) is 25.1 Å². The van der Waals surface area contributed by atoms with Gasteiger partial charge < -0.3 is 14.2 Å². The second-order valence-electron chi connectivity index (χ2n) is 5.72. The Bertz CT molecular complexity index is 735. The number of benzene rings is 1. The SMILES string of the molecule is COC1(c2cncc(OCC#Cc3ccccc3)c2)CCOC1C. The Morgan fingerprint density at radius 2 is 2.12 bits per heavy atom. The quantitative estimate of drug-likeness (QED) is 0.811. The van der Waals surface area contributed by atoms with Gasteiger partial charge in [0.25, 0.3) is 0 Å². The Balaban J connectivity index is 1.69. The summed E-state index contributed by atoms with van der Waals surface area (Å²) in [4.78, 5) is 4.28. The van der Waals surface area contributed by atoms with Gasteiger partial charge in [0.2, 0.25) is 0 Å². The summed E-state index contributed by atoms with van der Waals surface area (Å²) in [6.07, 6.45) is 4.30. The Labute approximate surface area is 142 Å². The van der Waals surface area contributed by atoms with Crippen LogP contribution in [-0.4, -0.2) is 31.4 Å². The topological polar surface area (TPSA) is 40.6 Å². The maximum absolute atomic E-state index is 5.79. The molecule has 0 saturated carbocycles. The van der Waals surface area contributed by atoms with Gasteiger partial charge in [-0.3, -0.25) is 4.98 Å². The highest BCUT2D eigenvalue weighted by atomic mass is 16.6. The van der Waals surface area contributed by atoms with Crippen LogP contribution in [0.15, 0.2) is 48.8 Å². The number of rotatable bonds is 4. The molecule has 0 N–H and O–H groups in total.